The Morgan fingerprint density at radius 3 is 2.51 bits per heavy atom. The van der Waals surface area contributed by atoms with Crippen LogP contribution in [-0.2, 0) is 15.2 Å². The number of methoxy groups -OCH3 is 1. The molecule has 49 heavy (non-hydrogen) atoms. The maximum Gasteiger partial charge on any atom is 0.407 e. The van der Waals surface area contributed by atoms with Gasteiger partial charge >= 0.3 is 11.8 Å². The van der Waals surface area contributed by atoms with Crippen LogP contribution in [0.1, 0.15) is 45.2 Å². The highest BCUT2D eigenvalue weighted by molar-refractivity contribution is 6.57. The Morgan fingerprint density at radius 2 is 1.86 bits per heavy atom. The minimum absolute atomic E-state index is 0.145. The normalized spacial score (nSPS) is 17.2. The molecule has 0 radical (unpaired) electrons. The number of aromatic amines is 1. The number of alkyl carbamates (subject to hydrolysis) is 1. The van der Waals surface area contributed by atoms with Gasteiger partial charge in [0.15, 0.2) is 0 Å². The fourth-order valence-electron chi connectivity index (χ4n) is 7.35. The van der Waals surface area contributed by atoms with Crippen LogP contribution in [0.15, 0.2) is 41.6 Å². The van der Waals surface area contributed by atoms with Gasteiger partial charge in [-0.05, 0) is 61.3 Å². The van der Waals surface area contributed by atoms with Crippen molar-refractivity contribution in [3.05, 3.63) is 53.2 Å². The number of carbonyl (C=O) groups is 1. The van der Waals surface area contributed by atoms with Crippen molar-refractivity contribution in [3.8, 4) is 22.4 Å². The monoisotopic (exact) mass is 657 g/mol. The van der Waals surface area contributed by atoms with E-state index in [2.05, 4.69) is 40.4 Å². The number of nitrogens with one attached hydrogen (secondary N) is 2. The summed E-state index contributed by atoms with van der Waals surface area (Å²) < 4.78 is 28.1. The quantitative estimate of drug-likeness (QED) is 0.205. The van der Waals surface area contributed by atoms with Gasteiger partial charge in [0, 0.05) is 35.3 Å². The lowest BCUT2D eigenvalue weighted by molar-refractivity contribution is 0.166. The molecule has 5 aromatic heterocycles. The molecule has 1 aromatic carbocycles. The van der Waals surface area contributed by atoms with E-state index in [9.17, 15) is 9.59 Å². The van der Waals surface area contributed by atoms with E-state index >= 15 is 4.39 Å². The van der Waals surface area contributed by atoms with Gasteiger partial charge in [-0.2, -0.15) is 9.49 Å². The number of benzene rings is 1. The molecule has 0 spiro atoms. The first-order valence-corrected chi connectivity index (χ1v) is 16.8. The third-order valence-corrected chi connectivity index (χ3v) is 9.60. The van der Waals surface area contributed by atoms with E-state index in [-0.39, 0.29) is 23.8 Å². The van der Waals surface area contributed by atoms with Crippen LogP contribution < -0.4 is 11.0 Å². The van der Waals surface area contributed by atoms with Crippen LogP contribution in [0, 0.1) is 5.95 Å². The van der Waals surface area contributed by atoms with Crippen molar-refractivity contribution >= 4 is 86.1 Å². The molecule has 19 heteroatoms. The third-order valence-electron chi connectivity index (χ3n) is 9.60. The van der Waals surface area contributed by atoms with Gasteiger partial charge in [-0.1, -0.05) is 6.07 Å². The van der Waals surface area contributed by atoms with E-state index in [1.165, 1.54) is 7.11 Å². The number of ether oxygens (including phenoxy) is 1. The molecule has 1 fully saturated rings. The molecule has 246 valence electrons. The topological polar surface area (TPSA) is 130 Å². The third kappa shape index (κ3) is 5.41. The number of pyridine rings is 1. The largest absolute Gasteiger partial charge is 0.453 e. The van der Waals surface area contributed by atoms with E-state index < -0.39 is 22.5 Å². The van der Waals surface area contributed by atoms with Crippen LogP contribution in [0.5, 0.6) is 0 Å². The van der Waals surface area contributed by atoms with Crippen LogP contribution in [0.2, 0.25) is 0 Å². The molecule has 1 aliphatic carbocycles. The van der Waals surface area contributed by atoms with Gasteiger partial charge in [0.1, 0.15) is 52.7 Å². The van der Waals surface area contributed by atoms with Crippen LogP contribution in [0.3, 0.4) is 0 Å². The standard InChI is InChI=1S/C30H38B6FN9O3/c1-13(2)46-19-7-4-14(8-15(19)10-39-46)21-22-24-20(11-38-26(22)41-23(21)18-12-43(29(31,32)33)42-25(18)37)45(30(34,35)36)28(48)44(24)17-6-5-16(9-17)40-27(47)49-3/h4,7-8,10-13,16-17H,5-6,9,31-36H2,1-3H3,(H,38,41)(H,40,47)/t16-,17-/m1/s1. The molecule has 0 bridgehead atoms. The molecular weight excluding hydrogens is 618 g/mol. The number of aromatic nitrogens is 8. The Kier molecular flexibility index (Phi) is 7.75. The summed E-state index contributed by atoms with van der Waals surface area (Å²) in [5.41, 5.74) is 5.14. The predicted molar refractivity (Wildman–Crippen MR) is 206 cm³/mol. The van der Waals surface area contributed by atoms with Crippen molar-refractivity contribution in [2.24, 2.45) is 0 Å². The molecule has 0 saturated heterocycles. The average molecular weight is 657 g/mol. The number of amides is 1. The maximum absolute atomic E-state index is 15.9. The summed E-state index contributed by atoms with van der Waals surface area (Å²) in [7, 11) is 13.3. The zero-order chi connectivity index (χ0) is 35.2. The smallest absolute Gasteiger partial charge is 0.407 e. The lowest BCUT2D eigenvalue weighted by Crippen LogP contribution is -2.43. The van der Waals surface area contributed by atoms with E-state index in [1.807, 2.05) is 74.7 Å². The molecule has 0 unspecified atom stereocenters. The summed E-state index contributed by atoms with van der Waals surface area (Å²) in [4.78, 5) is 35.0. The van der Waals surface area contributed by atoms with E-state index in [0.717, 1.165) is 27.4 Å². The number of carbonyl (C=O) groups excluding carboxylic acids is 1. The Balaban J connectivity index is 1.57. The summed E-state index contributed by atoms with van der Waals surface area (Å²) in [5, 5.41) is 12.4. The van der Waals surface area contributed by atoms with Crippen molar-refractivity contribution < 1.29 is 13.9 Å². The van der Waals surface area contributed by atoms with Crippen LogP contribution >= 0.6 is 0 Å². The summed E-state index contributed by atoms with van der Waals surface area (Å²) in [6.45, 7) is 4.17. The molecule has 7 rings (SSSR count). The first-order valence-electron chi connectivity index (χ1n) is 16.8. The van der Waals surface area contributed by atoms with Gasteiger partial charge in [-0.25, -0.2) is 14.6 Å². The lowest BCUT2D eigenvalue weighted by atomic mass is 9.49. The average Bonchev–Trinajstić information content (AvgIpc) is 3.83. The van der Waals surface area contributed by atoms with E-state index in [0.29, 0.717) is 47.2 Å². The molecule has 6 aromatic rings. The molecular formula is C30H38B6FN9O3. The van der Waals surface area contributed by atoms with Gasteiger partial charge in [-0.15, -0.1) is 5.10 Å². The SMILES string of the molecule is BC(B)(B)n1cc(-c2[nH]c3ncc4c(c3c2-c2ccc3c(cnn3C(C)C)c2)n([C@@H]2CC[C@@H](NC(=O)OC)C2)c(=O)n4C(B)(B)B)c(F)n1. The second-order valence-electron chi connectivity index (χ2n) is 15.5. The number of hydrogen-bond acceptors (Lipinski definition) is 6. The zero-order valence-electron chi connectivity index (χ0n) is 29.6. The van der Waals surface area contributed by atoms with Crippen LogP contribution in [0.25, 0.3) is 55.4 Å². The first kappa shape index (κ1) is 33.0. The molecule has 12 nitrogen and oxygen atoms in total. The highest BCUT2D eigenvalue weighted by Gasteiger charge is 2.35. The number of H-pyrrole nitrogens is 1. The summed E-state index contributed by atoms with van der Waals surface area (Å²) in [5.74, 6) is -0.607. The molecule has 2 atom stereocenters. The first-order chi connectivity index (χ1) is 23.1. The fourth-order valence-corrected chi connectivity index (χ4v) is 7.35. The van der Waals surface area contributed by atoms with Crippen molar-refractivity contribution in [1.82, 2.24) is 44.0 Å². The molecule has 1 aliphatic rings. The molecule has 0 aliphatic heterocycles. The van der Waals surface area contributed by atoms with Crippen molar-refractivity contribution in [2.75, 3.05) is 7.11 Å². The van der Waals surface area contributed by atoms with Gasteiger partial charge in [0.05, 0.1) is 52.7 Å². The van der Waals surface area contributed by atoms with Crippen LogP contribution in [0.4, 0.5) is 9.18 Å². The van der Waals surface area contributed by atoms with Gasteiger partial charge < -0.3 is 19.6 Å². The van der Waals surface area contributed by atoms with Gasteiger partial charge in [0.2, 0.25) is 5.95 Å². The van der Waals surface area contributed by atoms with Crippen molar-refractivity contribution in [2.45, 2.75) is 61.7 Å². The number of rotatable bonds is 7. The van der Waals surface area contributed by atoms with Crippen LogP contribution in [-0.4, -0.2) is 105 Å². The Hall–Kier alpha value is -4.55. The highest BCUT2D eigenvalue weighted by Crippen LogP contribution is 2.44. The highest BCUT2D eigenvalue weighted by atomic mass is 19.1. The van der Waals surface area contributed by atoms with Gasteiger partial charge in [0.25, 0.3) is 0 Å². The lowest BCUT2D eigenvalue weighted by Gasteiger charge is -2.21. The molecule has 5 heterocycles. The second-order valence-corrected chi connectivity index (χ2v) is 15.5. The van der Waals surface area contributed by atoms with E-state index in [1.54, 1.807) is 21.6 Å². The predicted octanol–water partition coefficient (Wildman–Crippen LogP) is -1.34. The molecule has 1 amide bonds. The minimum atomic E-state index is -0.607. The number of fused-ring (bicyclic) bond motifs is 4. The summed E-state index contributed by atoms with van der Waals surface area (Å²) in [6, 6.07) is 5.94. The number of halogens is 1. The summed E-state index contributed by atoms with van der Waals surface area (Å²) in [6.07, 6.45) is 6.75. The van der Waals surface area contributed by atoms with Crippen molar-refractivity contribution in [1.29, 1.82) is 0 Å². The number of nitrogens with zero attached hydrogens (tertiary/aromatic N) is 7. The zero-order valence-corrected chi connectivity index (χ0v) is 29.6. The second kappa shape index (κ2) is 11.5. The Bertz CT molecular complexity index is 2330. The number of imidazole rings is 1. The maximum atomic E-state index is 15.9. The number of hydrogen-bond donors (Lipinski definition) is 2. The van der Waals surface area contributed by atoms with Gasteiger partial charge in [-0.3, -0.25) is 13.9 Å². The minimum Gasteiger partial charge on any atom is -0.453 e. The molecule has 1 saturated carbocycles. The Labute approximate surface area is 288 Å². The Morgan fingerprint density at radius 1 is 1.10 bits per heavy atom. The summed E-state index contributed by atoms with van der Waals surface area (Å²) >= 11 is 0. The van der Waals surface area contributed by atoms with E-state index in [4.69, 9.17) is 9.72 Å². The van der Waals surface area contributed by atoms with Crippen molar-refractivity contribution in [3.63, 3.8) is 0 Å². The fraction of sp³-hybridized carbons (Fsp3) is 0.367. The molecule has 2 N–H and O–H groups in total.